The summed E-state index contributed by atoms with van der Waals surface area (Å²) in [5.74, 6) is 3.35. The average molecular weight is 510 g/mol. The van der Waals surface area contributed by atoms with E-state index in [2.05, 4.69) is 21.9 Å². The van der Waals surface area contributed by atoms with E-state index in [1.54, 1.807) is 21.3 Å². The molecule has 0 bridgehead atoms. The number of aliphatic hydroxyl groups is 1. The van der Waals surface area contributed by atoms with E-state index < -0.39 is 6.10 Å². The Morgan fingerprint density at radius 3 is 2.17 bits per heavy atom. The Bertz CT molecular complexity index is 928. The first-order valence-corrected chi connectivity index (χ1v) is 11.5. The molecule has 1 unspecified atom stereocenters. The zero-order valence-electron chi connectivity index (χ0n) is 20.5. The van der Waals surface area contributed by atoms with E-state index in [1.807, 2.05) is 18.2 Å². The van der Waals surface area contributed by atoms with E-state index in [9.17, 15) is 5.11 Å². The highest BCUT2D eigenvalue weighted by Crippen LogP contribution is 2.38. The number of hydrogen-bond donors (Lipinski definition) is 1. The highest BCUT2D eigenvalue weighted by molar-refractivity contribution is 5.53. The maximum Gasteiger partial charge on any atom is 0.231 e. The molecule has 1 atom stereocenters. The summed E-state index contributed by atoms with van der Waals surface area (Å²) < 4.78 is 32.7. The zero-order chi connectivity index (χ0) is 23.9. The Hall–Kier alpha value is -2.43. The highest BCUT2D eigenvalue weighted by atomic mass is 35.5. The van der Waals surface area contributed by atoms with Crippen molar-refractivity contribution in [2.24, 2.45) is 0 Å². The van der Waals surface area contributed by atoms with Gasteiger partial charge in [-0.15, -0.1) is 0 Å². The lowest BCUT2D eigenvalue weighted by Gasteiger charge is -2.35. The highest BCUT2D eigenvalue weighted by Gasteiger charge is 2.21. The fourth-order valence-corrected chi connectivity index (χ4v) is 4.31. The second-order valence-electron chi connectivity index (χ2n) is 8.47. The summed E-state index contributed by atoms with van der Waals surface area (Å²) in [6.45, 7) is 6.10. The van der Waals surface area contributed by atoms with Crippen molar-refractivity contribution < 1.29 is 45.9 Å². The van der Waals surface area contributed by atoms with Crippen molar-refractivity contribution in [1.82, 2.24) is 9.80 Å². The molecule has 1 N–H and O–H groups in total. The van der Waals surface area contributed by atoms with Gasteiger partial charge in [-0.1, -0.05) is 6.07 Å². The molecule has 0 amide bonds. The summed E-state index contributed by atoms with van der Waals surface area (Å²) in [6, 6.07) is 9.83. The molecule has 2 aromatic carbocycles. The van der Waals surface area contributed by atoms with Gasteiger partial charge in [0.25, 0.3) is 0 Å². The van der Waals surface area contributed by atoms with Crippen LogP contribution in [0, 0.1) is 0 Å². The number of hydrogen-bond acceptors (Lipinski definition) is 9. The van der Waals surface area contributed by atoms with Crippen molar-refractivity contribution in [1.29, 1.82) is 0 Å². The van der Waals surface area contributed by atoms with Crippen LogP contribution in [0.2, 0.25) is 0 Å². The third-order valence-electron chi connectivity index (χ3n) is 6.08. The second kappa shape index (κ2) is 13.0. The minimum absolute atomic E-state index is 0. The number of piperazine rings is 1. The lowest BCUT2D eigenvalue weighted by atomic mass is 10.1. The summed E-state index contributed by atoms with van der Waals surface area (Å²) in [6.07, 6.45) is -0.553. The van der Waals surface area contributed by atoms with E-state index in [4.69, 9.17) is 28.4 Å². The number of halogens is 1. The first-order valence-electron chi connectivity index (χ1n) is 11.5. The van der Waals surface area contributed by atoms with Crippen LogP contribution < -0.4 is 36.1 Å². The molecule has 0 aromatic heterocycles. The average Bonchev–Trinajstić information content (AvgIpc) is 3.32. The van der Waals surface area contributed by atoms with Gasteiger partial charge in [-0.25, -0.2) is 0 Å². The van der Waals surface area contributed by atoms with Gasteiger partial charge in [0.2, 0.25) is 12.5 Å². The predicted molar refractivity (Wildman–Crippen MR) is 126 cm³/mol. The summed E-state index contributed by atoms with van der Waals surface area (Å²) >= 11 is 0. The quantitative estimate of drug-likeness (QED) is 0.416. The van der Waals surface area contributed by atoms with Gasteiger partial charge in [0.1, 0.15) is 0 Å². The van der Waals surface area contributed by atoms with Crippen LogP contribution in [0.4, 0.5) is 0 Å². The summed E-state index contributed by atoms with van der Waals surface area (Å²) in [7, 11) is 4.74. The fraction of sp³-hybridized carbons (Fsp3) is 0.520. The molecule has 2 aliphatic rings. The number of nitrogens with zero attached hydrogens (tertiary/aromatic N) is 2. The van der Waals surface area contributed by atoms with Crippen LogP contribution in [0.15, 0.2) is 30.3 Å². The summed E-state index contributed by atoms with van der Waals surface area (Å²) in [5, 5.41) is 10.5. The van der Waals surface area contributed by atoms with Crippen LogP contribution in [0.25, 0.3) is 0 Å². The minimum Gasteiger partial charge on any atom is -1.00 e. The molecule has 4 rings (SSSR count). The molecule has 0 saturated carbocycles. The van der Waals surface area contributed by atoms with Gasteiger partial charge < -0.3 is 45.9 Å². The second-order valence-corrected chi connectivity index (χ2v) is 8.47. The summed E-state index contributed by atoms with van der Waals surface area (Å²) in [5.41, 5.74) is 2.11. The van der Waals surface area contributed by atoms with Crippen molar-refractivity contribution in [2.45, 2.75) is 19.3 Å². The largest absolute Gasteiger partial charge is 1.00 e. The van der Waals surface area contributed by atoms with Gasteiger partial charge in [0.15, 0.2) is 23.0 Å². The Balaban J connectivity index is 0.00000342. The van der Waals surface area contributed by atoms with Crippen LogP contribution in [0.3, 0.4) is 0 Å². The van der Waals surface area contributed by atoms with E-state index in [0.717, 1.165) is 49.8 Å². The van der Waals surface area contributed by atoms with Crippen LogP contribution in [0.5, 0.6) is 28.7 Å². The molecule has 2 aliphatic heterocycles. The van der Waals surface area contributed by atoms with Crippen molar-refractivity contribution in [3.8, 4) is 28.7 Å². The molecular formula is C25H34ClN2O7-. The number of benzene rings is 2. The van der Waals surface area contributed by atoms with Gasteiger partial charge in [-0.3, -0.25) is 9.80 Å². The van der Waals surface area contributed by atoms with E-state index in [0.29, 0.717) is 37.2 Å². The van der Waals surface area contributed by atoms with Gasteiger partial charge >= 0.3 is 0 Å². The molecule has 194 valence electrons. The van der Waals surface area contributed by atoms with Crippen LogP contribution in [-0.4, -0.2) is 88.5 Å². The number of aliphatic hydroxyl groups excluding tert-OH is 1. The number of fused-ring (bicyclic) bond motifs is 1. The smallest absolute Gasteiger partial charge is 0.231 e. The van der Waals surface area contributed by atoms with E-state index in [-0.39, 0.29) is 19.0 Å². The molecule has 2 heterocycles. The van der Waals surface area contributed by atoms with E-state index in [1.165, 1.54) is 5.56 Å². The standard InChI is InChI=1S/C25H34N2O7.ClH/c1-29-23-11-19(12-24(30-2)25(23)31-3)15-32-16-20(28)14-27-8-6-26(7-9-27)13-18-4-5-21-22(10-18)34-17-33-21;/h4-5,10-12,20,28H,6-9,13-17H2,1-3H3;1H/p-1. The third-order valence-corrected chi connectivity index (χ3v) is 6.08. The lowest BCUT2D eigenvalue weighted by Crippen LogP contribution is -3.00. The Kier molecular flexibility index (Phi) is 10.1. The molecule has 2 aromatic rings. The molecular weight excluding hydrogens is 476 g/mol. The zero-order valence-corrected chi connectivity index (χ0v) is 21.3. The van der Waals surface area contributed by atoms with Crippen molar-refractivity contribution in [2.75, 3.05) is 67.5 Å². The molecule has 0 aliphatic carbocycles. The fourth-order valence-electron chi connectivity index (χ4n) is 4.31. The number of β-amino-alcohol motifs (C(OH)–C–C–N with tert-alkyl or cyclic N) is 1. The van der Waals surface area contributed by atoms with E-state index >= 15 is 0 Å². The maximum atomic E-state index is 10.5. The van der Waals surface area contributed by atoms with Crippen molar-refractivity contribution in [3.05, 3.63) is 41.5 Å². The minimum atomic E-state index is -0.553. The molecule has 0 radical (unpaired) electrons. The third kappa shape index (κ3) is 7.05. The van der Waals surface area contributed by atoms with Gasteiger partial charge in [0, 0.05) is 39.3 Å². The van der Waals surface area contributed by atoms with Crippen LogP contribution in [0.1, 0.15) is 11.1 Å². The summed E-state index contributed by atoms with van der Waals surface area (Å²) in [4.78, 5) is 4.70. The maximum absolute atomic E-state index is 10.5. The number of ether oxygens (including phenoxy) is 6. The van der Waals surface area contributed by atoms with Gasteiger partial charge in [-0.2, -0.15) is 0 Å². The van der Waals surface area contributed by atoms with Crippen molar-refractivity contribution >= 4 is 0 Å². The Labute approximate surface area is 212 Å². The molecule has 0 spiro atoms. The van der Waals surface area contributed by atoms with Gasteiger partial charge in [-0.05, 0) is 35.4 Å². The first-order chi connectivity index (χ1) is 16.6. The number of methoxy groups -OCH3 is 3. The first kappa shape index (κ1) is 27.2. The van der Waals surface area contributed by atoms with Crippen LogP contribution >= 0.6 is 0 Å². The molecule has 10 heteroatoms. The van der Waals surface area contributed by atoms with Gasteiger partial charge in [0.05, 0.1) is 40.6 Å². The normalized spacial score (nSPS) is 16.5. The molecule has 1 saturated heterocycles. The van der Waals surface area contributed by atoms with Crippen molar-refractivity contribution in [3.63, 3.8) is 0 Å². The van der Waals surface area contributed by atoms with Crippen LogP contribution in [-0.2, 0) is 17.9 Å². The monoisotopic (exact) mass is 509 g/mol. The predicted octanol–water partition coefficient (Wildman–Crippen LogP) is -0.860. The Morgan fingerprint density at radius 2 is 1.51 bits per heavy atom. The number of rotatable bonds is 11. The molecule has 9 nitrogen and oxygen atoms in total. The molecule has 1 fully saturated rings. The Morgan fingerprint density at radius 1 is 0.857 bits per heavy atom. The SMILES string of the molecule is COc1cc(COCC(O)CN2CCN(Cc3ccc4c(c3)OCO4)CC2)cc(OC)c1OC.[Cl-]. The topological polar surface area (TPSA) is 82.1 Å². The molecule has 35 heavy (non-hydrogen) atoms. The lowest BCUT2D eigenvalue weighted by molar-refractivity contribution is -0.0000566.